The maximum atomic E-state index is 11.5. The van der Waals surface area contributed by atoms with E-state index in [2.05, 4.69) is 65.1 Å². The van der Waals surface area contributed by atoms with E-state index in [4.69, 9.17) is 14.4 Å². The van der Waals surface area contributed by atoms with Crippen LogP contribution in [0, 0.1) is 31.1 Å². The molecule has 3 aromatic carbocycles. The van der Waals surface area contributed by atoms with Gasteiger partial charge in [0.1, 0.15) is 17.1 Å². The van der Waals surface area contributed by atoms with Crippen LogP contribution in [0.2, 0.25) is 0 Å². The first-order valence-corrected chi connectivity index (χ1v) is 18.1. The highest BCUT2D eigenvalue weighted by Crippen LogP contribution is 2.38. The van der Waals surface area contributed by atoms with Gasteiger partial charge in [-0.1, -0.05) is 24.3 Å². The fourth-order valence-corrected chi connectivity index (χ4v) is 7.89. The van der Waals surface area contributed by atoms with Gasteiger partial charge in [0.25, 0.3) is 0 Å². The Hall–Kier alpha value is -5.67. The molecule has 2 aliphatic heterocycles. The van der Waals surface area contributed by atoms with E-state index in [0.29, 0.717) is 61.0 Å². The second-order valence-corrected chi connectivity index (χ2v) is 14.4. The van der Waals surface area contributed by atoms with Crippen LogP contribution in [0.25, 0.3) is 44.6 Å². The van der Waals surface area contributed by atoms with Gasteiger partial charge in [-0.25, -0.2) is 9.97 Å². The van der Waals surface area contributed by atoms with Gasteiger partial charge in [-0.15, -0.1) is 0 Å². The first-order valence-electron chi connectivity index (χ1n) is 18.1. The Kier molecular flexibility index (Phi) is 9.12. The Bertz CT molecular complexity index is 2420. The number of β-amino-alcohol motifs (C(OH)–C–C–N with tert-alkyl or cyclic N) is 1. The van der Waals surface area contributed by atoms with E-state index in [0.717, 1.165) is 68.5 Å². The van der Waals surface area contributed by atoms with E-state index >= 15 is 0 Å². The van der Waals surface area contributed by atoms with Gasteiger partial charge in [0, 0.05) is 61.3 Å². The molecule has 2 aliphatic rings. The molecule has 0 spiro atoms. The van der Waals surface area contributed by atoms with Crippen molar-refractivity contribution < 1.29 is 19.4 Å². The number of likely N-dealkylation sites (tertiary alicyclic amines) is 2. The molecule has 268 valence electrons. The number of carboxylic acid groups (broad SMARTS) is 1. The van der Waals surface area contributed by atoms with Crippen LogP contribution < -0.4 is 5.32 Å². The average molecular weight is 708 g/mol. The van der Waals surface area contributed by atoms with Gasteiger partial charge >= 0.3 is 5.97 Å². The first-order chi connectivity index (χ1) is 25.7. The molecule has 5 heterocycles. The minimum Gasteiger partial charge on any atom is -0.481 e. The highest BCUT2D eigenvalue weighted by atomic mass is 16.4. The smallest absolute Gasteiger partial charge is 0.307 e. The molecule has 2 saturated heterocycles. The molecule has 0 radical (unpaired) electrons. The van der Waals surface area contributed by atoms with Crippen LogP contribution >= 0.6 is 0 Å². The number of hydrogen-bond donors (Lipinski definition) is 3. The molecule has 2 unspecified atom stereocenters. The molecule has 3 atom stereocenters. The van der Waals surface area contributed by atoms with Crippen LogP contribution in [-0.4, -0.2) is 73.2 Å². The maximum Gasteiger partial charge on any atom is 0.307 e. The van der Waals surface area contributed by atoms with Gasteiger partial charge in [-0.2, -0.15) is 5.26 Å². The normalized spacial score (nSPS) is 18.5. The molecule has 11 nitrogen and oxygen atoms in total. The second kappa shape index (κ2) is 14.0. The molecular formula is C42H41N7O4. The van der Waals surface area contributed by atoms with Gasteiger partial charge in [0.2, 0.25) is 5.89 Å². The Balaban J connectivity index is 1.07. The molecule has 3 aromatic heterocycles. The van der Waals surface area contributed by atoms with Gasteiger partial charge in [0.15, 0.2) is 11.4 Å². The number of pyridine rings is 2. The third-order valence-electron chi connectivity index (χ3n) is 11.0. The van der Waals surface area contributed by atoms with Crippen molar-refractivity contribution in [1.29, 1.82) is 5.26 Å². The number of fused-ring (bicyclic) bond motifs is 2. The molecule has 3 N–H and O–H groups in total. The van der Waals surface area contributed by atoms with Crippen LogP contribution in [0.1, 0.15) is 53.6 Å². The average Bonchev–Trinajstić information content (AvgIpc) is 3.92. The van der Waals surface area contributed by atoms with Crippen molar-refractivity contribution in [3.8, 4) is 28.7 Å². The fraction of sp³-hybridized carbons (Fsp3) is 0.310. The van der Waals surface area contributed by atoms with Crippen molar-refractivity contribution in [2.45, 2.75) is 52.3 Å². The number of carboxylic acids is 1. The van der Waals surface area contributed by atoms with Crippen molar-refractivity contribution in [1.82, 2.24) is 24.8 Å². The fourth-order valence-electron chi connectivity index (χ4n) is 7.89. The molecule has 2 fully saturated rings. The summed E-state index contributed by atoms with van der Waals surface area (Å²) in [4.78, 5) is 30.2. The molecule has 6 aromatic rings. The van der Waals surface area contributed by atoms with Crippen molar-refractivity contribution in [3.05, 3.63) is 101 Å². The molecule has 0 saturated carbocycles. The zero-order chi connectivity index (χ0) is 36.8. The lowest BCUT2D eigenvalue weighted by Crippen LogP contribution is -2.25. The number of nitrogens with one attached hydrogen (secondary N) is 1. The van der Waals surface area contributed by atoms with E-state index in [1.807, 2.05) is 48.7 Å². The van der Waals surface area contributed by atoms with Crippen LogP contribution in [0.15, 0.2) is 77.5 Å². The topological polar surface area (TPSA) is 152 Å². The number of carbonyl (C=O) groups is 1. The van der Waals surface area contributed by atoms with Crippen LogP contribution in [0.3, 0.4) is 0 Å². The molecule has 11 heteroatoms. The lowest BCUT2D eigenvalue weighted by molar-refractivity contribution is -0.141. The summed E-state index contributed by atoms with van der Waals surface area (Å²) in [6.45, 7) is 9.59. The Morgan fingerprint density at radius 1 is 1.02 bits per heavy atom. The summed E-state index contributed by atoms with van der Waals surface area (Å²) < 4.78 is 6.29. The zero-order valence-corrected chi connectivity index (χ0v) is 30.0. The summed E-state index contributed by atoms with van der Waals surface area (Å²) in [7, 11) is 0. The molecular weight excluding hydrogens is 667 g/mol. The lowest BCUT2D eigenvalue weighted by Gasteiger charge is -2.24. The lowest BCUT2D eigenvalue weighted by atomic mass is 9.93. The molecule has 0 bridgehead atoms. The number of aliphatic hydroxyl groups excluding tert-OH is 1. The van der Waals surface area contributed by atoms with E-state index in [1.54, 1.807) is 6.20 Å². The summed E-state index contributed by atoms with van der Waals surface area (Å²) in [5.74, 6) is -0.0195. The number of aromatic nitrogens is 3. The maximum absolute atomic E-state index is 11.5. The first kappa shape index (κ1) is 34.4. The second-order valence-electron chi connectivity index (χ2n) is 14.4. The van der Waals surface area contributed by atoms with E-state index in [-0.39, 0.29) is 18.1 Å². The number of hydrogen-bond acceptors (Lipinski definition) is 10. The SMILES string of the molecule is Cc1c(Nc2nccc3cc(C(C)N4CCC(O)C4)cnc23)cccc1-c1cccc(-c2nc3cc(CN4CC[C@@H](C(=O)O)C4)cc(C#N)c3o2)c1C. The standard InChI is InChI=1S/C42H41N7O4/c1-24-33(6-4-8-35(24)41-47-37-17-27(16-30(19-43)39(37)53-41)21-48-14-11-29(22-48)42(51)52)34-7-5-9-36(25(34)2)46-40-38-28(10-13-44-40)18-31(20-45-38)26(3)49-15-12-32(50)23-49/h4-10,13,16-18,20,26,29,32,50H,11-12,14-15,21-23H2,1-3H3,(H,44,46)(H,51,52)/t26?,29-,32?/m1/s1. The molecule has 53 heavy (non-hydrogen) atoms. The molecule has 0 amide bonds. The summed E-state index contributed by atoms with van der Waals surface area (Å²) in [5, 5.41) is 34.0. The number of aliphatic carboxylic acids is 1. The van der Waals surface area contributed by atoms with E-state index in [1.165, 1.54) is 0 Å². The van der Waals surface area contributed by atoms with Gasteiger partial charge in [0.05, 0.1) is 17.6 Å². The minimum absolute atomic E-state index is 0.155. The molecule has 8 rings (SSSR count). The minimum atomic E-state index is -0.767. The van der Waals surface area contributed by atoms with Gasteiger partial charge in [-0.05, 0) is 110 Å². The summed E-state index contributed by atoms with van der Waals surface area (Å²) in [6, 6.07) is 22.6. The number of anilines is 2. The highest BCUT2D eigenvalue weighted by Gasteiger charge is 2.29. The van der Waals surface area contributed by atoms with Crippen LogP contribution in [0.5, 0.6) is 0 Å². The van der Waals surface area contributed by atoms with Gasteiger partial charge < -0.3 is 19.9 Å². The number of oxazole rings is 1. The summed E-state index contributed by atoms with van der Waals surface area (Å²) >= 11 is 0. The predicted octanol–water partition coefficient (Wildman–Crippen LogP) is 7.37. The van der Waals surface area contributed by atoms with E-state index in [9.17, 15) is 20.3 Å². The van der Waals surface area contributed by atoms with E-state index < -0.39 is 5.97 Å². The Morgan fingerprint density at radius 3 is 2.57 bits per heavy atom. The van der Waals surface area contributed by atoms with Crippen LogP contribution in [0.4, 0.5) is 11.5 Å². The Morgan fingerprint density at radius 2 is 1.81 bits per heavy atom. The highest BCUT2D eigenvalue weighted by molar-refractivity contribution is 5.91. The largest absolute Gasteiger partial charge is 0.481 e. The number of rotatable bonds is 9. The summed E-state index contributed by atoms with van der Waals surface area (Å²) in [6.07, 6.45) is 4.86. The Labute approximate surface area is 307 Å². The van der Waals surface area contributed by atoms with Gasteiger partial charge in [-0.3, -0.25) is 19.6 Å². The number of aliphatic hydroxyl groups is 1. The number of nitriles is 1. The molecule has 0 aliphatic carbocycles. The monoisotopic (exact) mass is 707 g/mol. The summed E-state index contributed by atoms with van der Waals surface area (Å²) in [5.41, 5.74) is 10.1. The van der Waals surface area contributed by atoms with Crippen molar-refractivity contribution in [2.24, 2.45) is 5.92 Å². The number of nitrogens with zero attached hydrogens (tertiary/aromatic N) is 6. The van der Waals surface area contributed by atoms with Crippen molar-refractivity contribution >= 4 is 39.5 Å². The predicted molar refractivity (Wildman–Crippen MR) is 204 cm³/mol. The van der Waals surface area contributed by atoms with Crippen LogP contribution in [-0.2, 0) is 11.3 Å². The third kappa shape index (κ3) is 6.61. The van der Waals surface area contributed by atoms with Crippen molar-refractivity contribution in [2.75, 3.05) is 31.5 Å². The third-order valence-corrected chi connectivity index (χ3v) is 11.0. The quantitative estimate of drug-likeness (QED) is 0.138. The number of benzene rings is 3. The zero-order valence-electron chi connectivity index (χ0n) is 30.0. The van der Waals surface area contributed by atoms with Crippen molar-refractivity contribution in [3.63, 3.8) is 0 Å².